The maximum atomic E-state index is 5.47. The van der Waals surface area contributed by atoms with Crippen LogP contribution in [0.1, 0.15) is 12.5 Å². The Labute approximate surface area is 108 Å². The molecule has 0 atom stereocenters. The van der Waals surface area contributed by atoms with Gasteiger partial charge in [-0.25, -0.2) is 0 Å². The topological polar surface area (TPSA) is 61.3 Å². The van der Waals surface area contributed by atoms with Crippen LogP contribution in [0.4, 0.5) is 5.69 Å². The molecule has 0 fully saturated rings. The van der Waals surface area contributed by atoms with Crippen LogP contribution < -0.4 is 16.2 Å². The highest BCUT2D eigenvalue weighted by Gasteiger charge is 1.88. The molecular formula is C15H20N2O. The molecule has 2 aromatic rings. The summed E-state index contributed by atoms with van der Waals surface area (Å²) in [5, 5.41) is 0. The van der Waals surface area contributed by atoms with Crippen molar-refractivity contribution in [3.05, 3.63) is 60.2 Å². The molecule has 2 rings (SSSR count). The standard InChI is InChI=1S/C8H11NO.C7H9N/c1-2-10-8-5-3-7(9)4-6-8;8-6-7-4-2-1-3-5-7/h3-6H,2,9H2,1H3;1-5H,6,8H2. The lowest BCUT2D eigenvalue weighted by molar-refractivity contribution is 0.340. The number of anilines is 1. The first-order valence-corrected chi connectivity index (χ1v) is 5.98. The van der Waals surface area contributed by atoms with Crippen LogP contribution in [0, 0.1) is 0 Å². The highest BCUT2D eigenvalue weighted by Crippen LogP contribution is 2.12. The second kappa shape index (κ2) is 8.14. The Morgan fingerprint density at radius 1 is 0.944 bits per heavy atom. The fourth-order valence-corrected chi connectivity index (χ4v) is 1.34. The minimum atomic E-state index is 0.640. The monoisotopic (exact) mass is 244 g/mol. The zero-order chi connectivity index (χ0) is 13.2. The van der Waals surface area contributed by atoms with E-state index in [-0.39, 0.29) is 0 Å². The molecule has 0 aliphatic carbocycles. The van der Waals surface area contributed by atoms with Gasteiger partial charge in [0.2, 0.25) is 0 Å². The van der Waals surface area contributed by atoms with Gasteiger partial charge in [0.15, 0.2) is 0 Å². The van der Waals surface area contributed by atoms with E-state index in [4.69, 9.17) is 16.2 Å². The summed E-state index contributed by atoms with van der Waals surface area (Å²) in [6.45, 7) is 3.29. The zero-order valence-corrected chi connectivity index (χ0v) is 10.7. The van der Waals surface area contributed by atoms with Crippen LogP contribution in [0.5, 0.6) is 5.75 Å². The van der Waals surface area contributed by atoms with E-state index < -0.39 is 0 Å². The van der Waals surface area contributed by atoms with E-state index in [0.717, 1.165) is 11.4 Å². The lowest BCUT2D eigenvalue weighted by Crippen LogP contribution is -1.94. The number of nitrogens with two attached hydrogens (primary N) is 2. The molecule has 0 saturated carbocycles. The van der Waals surface area contributed by atoms with Crippen LogP contribution in [0.25, 0.3) is 0 Å². The van der Waals surface area contributed by atoms with E-state index in [1.165, 1.54) is 5.56 Å². The molecule has 4 N–H and O–H groups in total. The Bertz CT molecular complexity index is 426. The van der Waals surface area contributed by atoms with Crippen molar-refractivity contribution in [1.82, 2.24) is 0 Å². The number of nitrogen functional groups attached to an aromatic ring is 1. The minimum Gasteiger partial charge on any atom is -0.494 e. The van der Waals surface area contributed by atoms with Gasteiger partial charge in [0.1, 0.15) is 5.75 Å². The number of benzene rings is 2. The van der Waals surface area contributed by atoms with Crippen LogP contribution in [-0.2, 0) is 6.54 Å². The fourth-order valence-electron chi connectivity index (χ4n) is 1.34. The Kier molecular flexibility index (Phi) is 6.36. The lowest BCUT2D eigenvalue weighted by atomic mass is 10.2. The molecule has 0 aliphatic heterocycles. The first kappa shape index (κ1) is 14.1. The van der Waals surface area contributed by atoms with Gasteiger partial charge in [-0.2, -0.15) is 0 Å². The van der Waals surface area contributed by atoms with Gasteiger partial charge in [0, 0.05) is 12.2 Å². The Morgan fingerprint density at radius 2 is 1.56 bits per heavy atom. The molecule has 0 aliphatic rings. The summed E-state index contributed by atoms with van der Waals surface area (Å²) in [6, 6.07) is 17.4. The van der Waals surface area contributed by atoms with Crippen molar-refractivity contribution in [3.63, 3.8) is 0 Å². The summed E-state index contributed by atoms with van der Waals surface area (Å²) in [5.74, 6) is 0.872. The van der Waals surface area contributed by atoms with Crippen LogP contribution in [0.15, 0.2) is 54.6 Å². The van der Waals surface area contributed by atoms with Crippen LogP contribution in [0.3, 0.4) is 0 Å². The molecule has 0 radical (unpaired) electrons. The average molecular weight is 244 g/mol. The molecule has 2 aromatic carbocycles. The second-order valence-electron chi connectivity index (χ2n) is 3.69. The van der Waals surface area contributed by atoms with E-state index >= 15 is 0 Å². The van der Waals surface area contributed by atoms with Crippen molar-refractivity contribution in [3.8, 4) is 5.75 Å². The summed E-state index contributed by atoms with van der Waals surface area (Å²) < 4.78 is 5.21. The predicted molar refractivity (Wildman–Crippen MR) is 76.4 cm³/mol. The second-order valence-corrected chi connectivity index (χ2v) is 3.69. The maximum Gasteiger partial charge on any atom is 0.119 e. The number of hydrogen-bond donors (Lipinski definition) is 2. The highest BCUT2D eigenvalue weighted by atomic mass is 16.5. The maximum absolute atomic E-state index is 5.47. The molecule has 0 spiro atoms. The Hall–Kier alpha value is -2.00. The zero-order valence-electron chi connectivity index (χ0n) is 10.7. The SMILES string of the molecule is CCOc1ccc(N)cc1.NCc1ccccc1. The van der Waals surface area contributed by atoms with Crippen molar-refractivity contribution >= 4 is 5.69 Å². The van der Waals surface area contributed by atoms with E-state index in [1.54, 1.807) is 0 Å². The number of rotatable bonds is 3. The molecule has 0 heterocycles. The van der Waals surface area contributed by atoms with Crippen molar-refractivity contribution in [2.45, 2.75) is 13.5 Å². The van der Waals surface area contributed by atoms with Gasteiger partial charge in [-0.15, -0.1) is 0 Å². The first-order chi connectivity index (χ1) is 8.76. The molecule has 0 saturated heterocycles. The molecule has 0 bridgehead atoms. The van der Waals surface area contributed by atoms with Gasteiger partial charge < -0.3 is 16.2 Å². The normalized spacial score (nSPS) is 9.22. The third-order valence-corrected chi connectivity index (χ3v) is 2.27. The van der Waals surface area contributed by atoms with E-state index in [1.807, 2.05) is 61.5 Å². The molecule has 0 aromatic heterocycles. The third kappa shape index (κ3) is 5.37. The van der Waals surface area contributed by atoms with Crippen molar-refractivity contribution < 1.29 is 4.74 Å². The fraction of sp³-hybridized carbons (Fsp3) is 0.200. The summed E-state index contributed by atoms with van der Waals surface area (Å²) in [5.41, 5.74) is 12.8. The van der Waals surface area contributed by atoms with Gasteiger partial charge in [-0.3, -0.25) is 0 Å². The molecule has 0 amide bonds. The smallest absolute Gasteiger partial charge is 0.119 e. The van der Waals surface area contributed by atoms with Crippen molar-refractivity contribution in [1.29, 1.82) is 0 Å². The van der Waals surface area contributed by atoms with E-state index in [2.05, 4.69) is 0 Å². The van der Waals surface area contributed by atoms with Crippen LogP contribution in [-0.4, -0.2) is 6.61 Å². The third-order valence-electron chi connectivity index (χ3n) is 2.27. The van der Waals surface area contributed by atoms with Gasteiger partial charge in [-0.1, -0.05) is 30.3 Å². The molecular weight excluding hydrogens is 224 g/mol. The minimum absolute atomic E-state index is 0.640. The first-order valence-electron chi connectivity index (χ1n) is 5.98. The van der Waals surface area contributed by atoms with Crippen molar-refractivity contribution in [2.24, 2.45) is 5.73 Å². The number of hydrogen-bond acceptors (Lipinski definition) is 3. The van der Waals surface area contributed by atoms with Crippen LogP contribution >= 0.6 is 0 Å². The summed E-state index contributed by atoms with van der Waals surface area (Å²) in [7, 11) is 0. The predicted octanol–water partition coefficient (Wildman–Crippen LogP) is 2.81. The lowest BCUT2D eigenvalue weighted by Gasteiger charge is -2.01. The average Bonchev–Trinajstić information content (AvgIpc) is 2.43. The molecule has 18 heavy (non-hydrogen) atoms. The van der Waals surface area contributed by atoms with E-state index in [0.29, 0.717) is 13.2 Å². The van der Waals surface area contributed by atoms with Crippen molar-refractivity contribution in [2.75, 3.05) is 12.3 Å². The van der Waals surface area contributed by atoms with Gasteiger partial charge >= 0.3 is 0 Å². The Morgan fingerprint density at radius 3 is 2.00 bits per heavy atom. The van der Waals surface area contributed by atoms with E-state index in [9.17, 15) is 0 Å². The van der Waals surface area contributed by atoms with Crippen LogP contribution in [0.2, 0.25) is 0 Å². The summed E-state index contributed by atoms with van der Waals surface area (Å²) in [6.07, 6.45) is 0. The Balaban J connectivity index is 0.000000184. The summed E-state index contributed by atoms with van der Waals surface area (Å²) >= 11 is 0. The molecule has 96 valence electrons. The highest BCUT2D eigenvalue weighted by molar-refractivity contribution is 5.41. The van der Waals surface area contributed by atoms with Gasteiger partial charge in [0.05, 0.1) is 6.61 Å². The molecule has 3 nitrogen and oxygen atoms in total. The largest absolute Gasteiger partial charge is 0.494 e. The molecule has 3 heteroatoms. The molecule has 0 unspecified atom stereocenters. The summed E-state index contributed by atoms with van der Waals surface area (Å²) in [4.78, 5) is 0. The van der Waals surface area contributed by atoms with Gasteiger partial charge in [0.25, 0.3) is 0 Å². The number of ether oxygens (including phenoxy) is 1. The quantitative estimate of drug-likeness (QED) is 0.816. The van der Waals surface area contributed by atoms with Gasteiger partial charge in [-0.05, 0) is 36.8 Å².